The highest BCUT2D eigenvalue weighted by atomic mass is 19.1. The van der Waals surface area contributed by atoms with E-state index >= 15 is 0 Å². The summed E-state index contributed by atoms with van der Waals surface area (Å²) in [4.78, 5) is 20.6. The quantitative estimate of drug-likeness (QED) is 0.947. The zero-order valence-electron chi connectivity index (χ0n) is 12.8. The molecule has 1 fully saturated rings. The number of carbonyl (C=O) groups is 1. The van der Waals surface area contributed by atoms with Crippen LogP contribution in [0.15, 0.2) is 48.7 Å². The van der Waals surface area contributed by atoms with Crippen molar-refractivity contribution in [3.8, 4) is 0 Å². The van der Waals surface area contributed by atoms with Crippen LogP contribution in [-0.4, -0.2) is 47.0 Å². The molecule has 0 aliphatic carbocycles. The minimum atomic E-state index is -0.314. The summed E-state index contributed by atoms with van der Waals surface area (Å²) in [6.07, 6.45) is 1.79. The van der Waals surface area contributed by atoms with E-state index in [-0.39, 0.29) is 11.8 Å². The molecule has 1 aliphatic heterocycles. The second-order valence-corrected chi connectivity index (χ2v) is 5.52. The molecule has 1 saturated heterocycles. The highest BCUT2D eigenvalue weighted by Gasteiger charge is 2.21. The number of piperazine rings is 1. The summed E-state index contributed by atoms with van der Waals surface area (Å²) in [5.41, 5.74) is 1.64. The molecule has 2 amide bonds. The van der Waals surface area contributed by atoms with E-state index in [1.54, 1.807) is 23.2 Å². The standard InChI is InChI=1S/C17H19FN4O/c18-14-4-6-15(7-5-14)20-17(23)22-11-9-21(10-12-22)13-16-3-1-2-8-19-16/h1-8H,9-13H2,(H,20,23). The molecule has 3 rings (SSSR count). The summed E-state index contributed by atoms with van der Waals surface area (Å²) < 4.78 is 12.9. The zero-order valence-corrected chi connectivity index (χ0v) is 12.8. The van der Waals surface area contributed by atoms with Crippen molar-refractivity contribution in [1.29, 1.82) is 0 Å². The van der Waals surface area contributed by atoms with Gasteiger partial charge in [-0.05, 0) is 36.4 Å². The Hall–Kier alpha value is -2.47. The summed E-state index contributed by atoms with van der Waals surface area (Å²) >= 11 is 0. The van der Waals surface area contributed by atoms with Crippen LogP contribution in [0.5, 0.6) is 0 Å². The van der Waals surface area contributed by atoms with Crippen LogP contribution in [0.25, 0.3) is 0 Å². The number of hydrogen-bond donors (Lipinski definition) is 1. The molecule has 2 aromatic rings. The van der Waals surface area contributed by atoms with E-state index in [0.29, 0.717) is 18.8 Å². The van der Waals surface area contributed by atoms with Crippen molar-refractivity contribution in [2.45, 2.75) is 6.54 Å². The van der Waals surface area contributed by atoms with E-state index in [1.165, 1.54) is 12.1 Å². The van der Waals surface area contributed by atoms with E-state index in [9.17, 15) is 9.18 Å². The Morgan fingerprint density at radius 1 is 1.09 bits per heavy atom. The van der Waals surface area contributed by atoms with E-state index in [4.69, 9.17) is 0 Å². The van der Waals surface area contributed by atoms with Crippen molar-refractivity contribution in [2.75, 3.05) is 31.5 Å². The van der Waals surface area contributed by atoms with Crippen molar-refractivity contribution in [3.05, 3.63) is 60.2 Å². The first-order valence-corrected chi connectivity index (χ1v) is 7.64. The summed E-state index contributed by atoms with van der Waals surface area (Å²) in [5, 5.41) is 2.79. The van der Waals surface area contributed by atoms with Gasteiger partial charge in [-0.3, -0.25) is 9.88 Å². The number of urea groups is 1. The van der Waals surface area contributed by atoms with Crippen molar-refractivity contribution in [1.82, 2.24) is 14.8 Å². The van der Waals surface area contributed by atoms with Gasteiger partial charge in [0.15, 0.2) is 0 Å². The molecule has 6 heteroatoms. The highest BCUT2D eigenvalue weighted by Crippen LogP contribution is 2.11. The van der Waals surface area contributed by atoms with Gasteiger partial charge in [-0.2, -0.15) is 0 Å². The molecule has 0 spiro atoms. The van der Waals surface area contributed by atoms with Crippen LogP contribution in [0.4, 0.5) is 14.9 Å². The molecule has 2 heterocycles. The molecular weight excluding hydrogens is 295 g/mol. The largest absolute Gasteiger partial charge is 0.322 e. The van der Waals surface area contributed by atoms with Gasteiger partial charge in [0.2, 0.25) is 0 Å². The predicted molar refractivity (Wildman–Crippen MR) is 86.5 cm³/mol. The van der Waals surface area contributed by atoms with Gasteiger partial charge in [0.1, 0.15) is 5.82 Å². The molecule has 120 valence electrons. The summed E-state index contributed by atoms with van der Waals surface area (Å²) in [7, 11) is 0. The number of rotatable bonds is 3. The van der Waals surface area contributed by atoms with E-state index in [1.807, 2.05) is 18.2 Å². The van der Waals surface area contributed by atoms with Crippen LogP contribution >= 0.6 is 0 Å². The lowest BCUT2D eigenvalue weighted by atomic mass is 10.2. The van der Waals surface area contributed by atoms with Crippen LogP contribution in [-0.2, 0) is 6.54 Å². The fraction of sp³-hybridized carbons (Fsp3) is 0.294. The third kappa shape index (κ3) is 4.26. The molecule has 0 atom stereocenters. The molecule has 23 heavy (non-hydrogen) atoms. The Morgan fingerprint density at radius 2 is 1.83 bits per heavy atom. The smallest absolute Gasteiger partial charge is 0.321 e. The Kier molecular flexibility index (Phi) is 4.83. The first kappa shape index (κ1) is 15.4. The molecule has 0 unspecified atom stereocenters. The number of nitrogens with one attached hydrogen (secondary N) is 1. The van der Waals surface area contributed by atoms with Crippen LogP contribution in [0.3, 0.4) is 0 Å². The number of anilines is 1. The number of amides is 2. The molecule has 1 aliphatic rings. The average Bonchev–Trinajstić information content (AvgIpc) is 2.58. The number of hydrogen-bond acceptors (Lipinski definition) is 3. The fourth-order valence-electron chi connectivity index (χ4n) is 2.57. The number of nitrogens with zero attached hydrogens (tertiary/aromatic N) is 3. The van der Waals surface area contributed by atoms with Crippen LogP contribution in [0.2, 0.25) is 0 Å². The molecule has 0 radical (unpaired) electrons. The summed E-state index contributed by atoms with van der Waals surface area (Å²) in [6, 6.07) is 11.5. The lowest BCUT2D eigenvalue weighted by Gasteiger charge is -2.34. The first-order chi connectivity index (χ1) is 11.2. The number of carbonyl (C=O) groups excluding carboxylic acids is 1. The topological polar surface area (TPSA) is 48.5 Å². The predicted octanol–water partition coefficient (Wildman–Crippen LogP) is 2.57. The van der Waals surface area contributed by atoms with Gasteiger partial charge in [-0.1, -0.05) is 6.07 Å². The highest BCUT2D eigenvalue weighted by molar-refractivity contribution is 5.89. The third-order valence-electron chi connectivity index (χ3n) is 3.87. The minimum absolute atomic E-state index is 0.144. The van der Waals surface area contributed by atoms with Crippen LogP contribution in [0, 0.1) is 5.82 Å². The first-order valence-electron chi connectivity index (χ1n) is 7.64. The Bertz CT molecular complexity index is 639. The SMILES string of the molecule is O=C(Nc1ccc(F)cc1)N1CCN(Cc2ccccn2)CC1. The van der Waals surface area contributed by atoms with E-state index in [0.717, 1.165) is 25.3 Å². The Labute approximate surface area is 134 Å². The Balaban J connectivity index is 1.48. The second-order valence-electron chi connectivity index (χ2n) is 5.52. The van der Waals surface area contributed by atoms with Crippen LogP contribution < -0.4 is 5.32 Å². The molecule has 1 aromatic heterocycles. The molecule has 0 saturated carbocycles. The molecule has 1 N–H and O–H groups in total. The summed E-state index contributed by atoms with van der Waals surface area (Å²) in [6.45, 7) is 3.76. The van der Waals surface area contributed by atoms with Crippen molar-refractivity contribution < 1.29 is 9.18 Å². The van der Waals surface area contributed by atoms with Gasteiger partial charge in [0, 0.05) is 44.6 Å². The molecule has 5 nitrogen and oxygen atoms in total. The zero-order chi connectivity index (χ0) is 16.1. The van der Waals surface area contributed by atoms with E-state index < -0.39 is 0 Å². The summed E-state index contributed by atoms with van der Waals surface area (Å²) in [5.74, 6) is -0.314. The normalized spacial score (nSPS) is 15.4. The van der Waals surface area contributed by atoms with Gasteiger partial charge >= 0.3 is 6.03 Å². The van der Waals surface area contributed by atoms with Crippen molar-refractivity contribution in [3.63, 3.8) is 0 Å². The van der Waals surface area contributed by atoms with Crippen LogP contribution in [0.1, 0.15) is 5.69 Å². The third-order valence-corrected chi connectivity index (χ3v) is 3.87. The van der Waals surface area contributed by atoms with Gasteiger partial charge in [0.25, 0.3) is 0 Å². The second kappa shape index (κ2) is 7.19. The number of halogens is 1. The van der Waals surface area contributed by atoms with Crippen molar-refractivity contribution in [2.24, 2.45) is 0 Å². The van der Waals surface area contributed by atoms with Crippen molar-refractivity contribution >= 4 is 11.7 Å². The number of pyridine rings is 1. The van der Waals surface area contributed by atoms with E-state index in [2.05, 4.69) is 15.2 Å². The average molecular weight is 314 g/mol. The lowest BCUT2D eigenvalue weighted by molar-refractivity contribution is 0.142. The van der Waals surface area contributed by atoms with Gasteiger partial charge < -0.3 is 10.2 Å². The maximum Gasteiger partial charge on any atom is 0.321 e. The molecule has 1 aromatic carbocycles. The van der Waals surface area contributed by atoms with Gasteiger partial charge in [0.05, 0.1) is 5.69 Å². The molecule has 0 bridgehead atoms. The number of aromatic nitrogens is 1. The van der Waals surface area contributed by atoms with Gasteiger partial charge in [-0.25, -0.2) is 9.18 Å². The monoisotopic (exact) mass is 314 g/mol. The van der Waals surface area contributed by atoms with Gasteiger partial charge in [-0.15, -0.1) is 0 Å². The minimum Gasteiger partial charge on any atom is -0.322 e. The maximum atomic E-state index is 12.9. The lowest BCUT2D eigenvalue weighted by Crippen LogP contribution is -2.49. The molecular formula is C17H19FN4O. The Morgan fingerprint density at radius 3 is 2.48 bits per heavy atom. The fourth-order valence-corrected chi connectivity index (χ4v) is 2.57. The maximum absolute atomic E-state index is 12.9. The number of benzene rings is 1.